The molecule has 1 N–H and O–H groups in total. The predicted molar refractivity (Wildman–Crippen MR) is 91.2 cm³/mol. The van der Waals surface area contributed by atoms with Gasteiger partial charge in [-0.1, -0.05) is 31.9 Å². The molecule has 4 heteroatoms. The van der Waals surface area contributed by atoms with Crippen molar-refractivity contribution in [2.75, 3.05) is 13.7 Å². The Morgan fingerprint density at radius 2 is 2.10 bits per heavy atom. The van der Waals surface area contributed by atoms with Crippen LogP contribution in [0.15, 0.2) is 21.1 Å². The largest absolute Gasteiger partial charge is 0.378 e. The fourth-order valence-electron chi connectivity index (χ4n) is 2.77. The van der Waals surface area contributed by atoms with Gasteiger partial charge in [-0.25, -0.2) is 0 Å². The molecule has 0 bridgehead atoms. The number of nitrogens with one attached hydrogen (secondary N) is 1. The summed E-state index contributed by atoms with van der Waals surface area (Å²) in [6, 6.07) is 4.77. The summed E-state index contributed by atoms with van der Waals surface area (Å²) in [5, 5.41) is 3.44. The minimum atomic E-state index is 0.367. The van der Waals surface area contributed by atoms with Crippen LogP contribution in [0.5, 0.6) is 0 Å². The third kappa shape index (κ3) is 4.30. The molecule has 1 aliphatic rings. The number of rotatable bonds is 5. The van der Waals surface area contributed by atoms with Gasteiger partial charge in [0.15, 0.2) is 0 Å². The van der Waals surface area contributed by atoms with Crippen LogP contribution in [0.2, 0.25) is 0 Å². The van der Waals surface area contributed by atoms with Gasteiger partial charge in [0, 0.05) is 21.6 Å². The lowest BCUT2D eigenvalue weighted by molar-refractivity contribution is 0.00865. The lowest BCUT2D eigenvalue weighted by Crippen LogP contribution is -2.23. The average molecular weight is 405 g/mol. The third-order valence-corrected chi connectivity index (χ3v) is 5.59. The number of ether oxygens (including phenoxy) is 1. The Labute approximate surface area is 138 Å². The van der Waals surface area contributed by atoms with Crippen LogP contribution in [-0.2, 0) is 4.74 Å². The van der Waals surface area contributed by atoms with E-state index in [1.807, 2.05) is 7.05 Å². The van der Waals surface area contributed by atoms with Crippen molar-refractivity contribution >= 4 is 31.9 Å². The van der Waals surface area contributed by atoms with Gasteiger partial charge in [-0.15, -0.1) is 0 Å². The second-order valence-corrected chi connectivity index (χ2v) is 7.24. The highest BCUT2D eigenvalue weighted by molar-refractivity contribution is 9.11. The van der Waals surface area contributed by atoms with E-state index in [9.17, 15) is 0 Å². The van der Waals surface area contributed by atoms with E-state index < -0.39 is 0 Å². The van der Waals surface area contributed by atoms with Crippen LogP contribution in [0.4, 0.5) is 0 Å². The molecule has 1 aromatic rings. The molecule has 1 fully saturated rings. The number of hydrogen-bond donors (Lipinski definition) is 1. The van der Waals surface area contributed by atoms with Crippen LogP contribution >= 0.6 is 31.9 Å². The molecule has 20 heavy (non-hydrogen) atoms. The van der Waals surface area contributed by atoms with E-state index in [2.05, 4.69) is 56.2 Å². The molecule has 0 radical (unpaired) electrons. The second kappa shape index (κ2) is 7.92. The highest BCUT2D eigenvalue weighted by Gasteiger charge is 2.19. The molecule has 1 saturated heterocycles. The van der Waals surface area contributed by atoms with E-state index in [1.165, 1.54) is 39.3 Å². The Morgan fingerprint density at radius 1 is 1.30 bits per heavy atom. The molecule has 0 aliphatic carbocycles. The Bertz CT molecular complexity index is 444. The van der Waals surface area contributed by atoms with Gasteiger partial charge < -0.3 is 10.1 Å². The van der Waals surface area contributed by atoms with Crippen molar-refractivity contribution in [2.24, 2.45) is 0 Å². The van der Waals surface area contributed by atoms with E-state index in [0.29, 0.717) is 12.1 Å². The first-order valence-corrected chi connectivity index (χ1v) is 8.95. The number of halogens is 2. The standard InChI is InChI=1S/C16H23Br2NO/c1-11-9-15(18)13(10-14(11)17)16(19-2)7-6-12-5-3-4-8-20-12/h9-10,12,16,19H,3-8H2,1-2H3. The topological polar surface area (TPSA) is 21.3 Å². The maximum Gasteiger partial charge on any atom is 0.0575 e. The zero-order chi connectivity index (χ0) is 14.5. The summed E-state index contributed by atoms with van der Waals surface area (Å²) in [5.74, 6) is 0. The molecule has 0 aromatic heterocycles. The second-order valence-electron chi connectivity index (χ2n) is 5.53. The number of benzene rings is 1. The zero-order valence-electron chi connectivity index (χ0n) is 12.2. The highest BCUT2D eigenvalue weighted by Crippen LogP contribution is 2.32. The monoisotopic (exact) mass is 403 g/mol. The molecule has 2 rings (SSSR count). The molecule has 112 valence electrons. The molecule has 1 heterocycles. The molecular formula is C16H23Br2NO. The quantitative estimate of drug-likeness (QED) is 0.734. The van der Waals surface area contributed by atoms with Gasteiger partial charge in [-0.2, -0.15) is 0 Å². The van der Waals surface area contributed by atoms with Crippen molar-refractivity contribution in [3.8, 4) is 0 Å². The van der Waals surface area contributed by atoms with Gasteiger partial charge in [0.1, 0.15) is 0 Å². The SMILES string of the molecule is CNC(CCC1CCCCO1)c1cc(Br)c(C)cc1Br. The molecule has 1 aliphatic heterocycles. The molecule has 2 atom stereocenters. The van der Waals surface area contributed by atoms with Gasteiger partial charge in [-0.3, -0.25) is 0 Å². The molecule has 1 aromatic carbocycles. The Morgan fingerprint density at radius 3 is 2.75 bits per heavy atom. The van der Waals surface area contributed by atoms with Gasteiger partial charge in [-0.05, 0) is 69.3 Å². The first-order chi connectivity index (χ1) is 9.61. The Hall–Kier alpha value is 0.1000. The van der Waals surface area contributed by atoms with Crippen molar-refractivity contribution in [1.82, 2.24) is 5.32 Å². The summed E-state index contributed by atoms with van der Waals surface area (Å²) in [6.07, 6.45) is 6.44. The lowest BCUT2D eigenvalue weighted by atomic mass is 9.97. The van der Waals surface area contributed by atoms with Gasteiger partial charge in [0.05, 0.1) is 6.10 Å². The van der Waals surface area contributed by atoms with Crippen LogP contribution in [0.3, 0.4) is 0 Å². The van der Waals surface area contributed by atoms with E-state index in [1.54, 1.807) is 0 Å². The van der Waals surface area contributed by atoms with Crippen molar-refractivity contribution < 1.29 is 4.74 Å². The minimum Gasteiger partial charge on any atom is -0.378 e. The molecule has 0 amide bonds. The van der Waals surface area contributed by atoms with E-state index >= 15 is 0 Å². The maximum atomic E-state index is 5.83. The smallest absolute Gasteiger partial charge is 0.0575 e. The molecule has 2 nitrogen and oxygen atoms in total. The lowest BCUT2D eigenvalue weighted by Gasteiger charge is -2.25. The van der Waals surface area contributed by atoms with Gasteiger partial charge in [0.25, 0.3) is 0 Å². The summed E-state index contributed by atoms with van der Waals surface area (Å²) in [5.41, 5.74) is 2.58. The molecule has 0 spiro atoms. The predicted octanol–water partition coefficient (Wildman–Crippen LogP) is 5.13. The summed E-state index contributed by atoms with van der Waals surface area (Å²) < 4.78 is 8.19. The average Bonchev–Trinajstić information content (AvgIpc) is 2.46. The summed E-state index contributed by atoms with van der Waals surface area (Å²) in [6.45, 7) is 3.05. The van der Waals surface area contributed by atoms with Crippen LogP contribution in [0, 0.1) is 6.92 Å². The summed E-state index contributed by atoms with van der Waals surface area (Å²) >= 11 is 7.33. The highest BCUT2D eigenvalue weighted by atomic mass is 79.9. The van der Waals surface area contributed by atoms with Gasteiger partial charge in [0.2, 0.25) is 0 Å². The van der Waals surface area contributed by atoms with E-state index in [4.69, 9.17) is 4.74 Å². The number of aryl methyl sites for hydroxylation is 1. The van der Waals surface area contributed by atoms with Crippen molar-refractivity contribution in [3.05, 3.63) is 32.2 Å². The minimum absolute atomic E-state index is 0.367. The van der Waals surface area contributed by atoms with Crippen LogP contribution < -0.4 is 5.32 Å². The number of hydrogen-bond acceptors (Lipinski definition) is 2. The third-order valence-electron chi connectivity index (χ3n) is 4.05. The first-order valence-electron chi connectivity index (χ1n) is 7.36. The first kappa shape index (κ1) is 16.5. The van der Waals surface area contributed by atoms with Crippen molar-refractivity contribution in [3.63, 3.8) is 0 Å². The summed E-state index contributed by atoms with van der Waals surface area (Å²) in [4.78, 5) is 0. The van der Waals surface area contributed by atoms with Gasteiger partial charge >= 0.3 is 0 Å². The molecular weight excluding hydrogens is 382 g/mol. The Kier molecular flexibility index (Phi) is 6.53. The fraction of sp³-hybridized carbons (Fsp3) is 0.625. The Balaban J connectivity index is 2.02. The zero-order valence-corrected chi connectivity index (χ0v) is 15.4. The van der Waals surface area contributed by atoms with Crippen molar-refractivity contribution in [1.29, 1.82) is 0 Å². The van der Waals surface area contributed by atoms with Crippen LogP contribution in [0.25, 0.3) is 0 Å². The fourth-order valence-corrected chi connectivity index (χ4v) is 3.87. The maximum absolute atomic E-state index is 5.83. The normalized spacial score (nSPS) is 20.9. The summed E-state index contributed by atoms with van der Waals surface area (Å²) in [7, 11) is 2.03. The van der Waals surface area contributed by atoms with Crippen LogP contribution in [0.1, 0.15) is 49.3 Å². The van der Waals surface area contributed by atoms with Crippen LogP contribution in [-0.4, -0.2) is 19.8 Å². The van der Waals surface area contributed by atoms with E-state index in [0.717, 1.165) is 19.4 Å². The van der Waals surface area contributed by atoms with Crippen molar-refractivity contribution in [2.45, 2.75) is 51.2 Å². The van der Waals surface area contributed by atoms with E-state index in [-0.39, 0.29) is 0 Å². The molecule has 0 saturated carbocycles. The molecule has 2 unspecified atom stereocenters.